The van der Waals surface area contributed by atoms with Gasteiger partial charge >= 0.3 is 0 Å². The van der Waals surface area contributed by atoms with Crippen LogP contribution in [0.2, 0.25) is 0 Å². The van der Waals surface area contributed by atoms with Gasteiger partial charge in [-0.05, 0) is 31.7 Å². The summed E-state index contributed by atoms with van der Waals surface area (Å²) in [6.45, 7) is 2.94. The maximum absolute atomic E-state index is 9.21. The normalized spacial score (nSPS) is 10.5. The van der Waals surface area contributed by atoms with Gasteiger partial charge < -0.3 is 14.9 Å². The molecule has 0 saturated heterocycles. The number of hydrogen-bond donors (Lipinski definition) is 2. The number of ether oxygens (including phenoxy) is 1. The lowest BCUT2D eigenvalue weighted by Crippen LogP contribution is -2.02. The first-order valence-corrected chi connectivity index (χ1v) is 6.22. The summed E-state index contributed by atoms with van der Waals surface area (Å²) < 4.78 is 5.72. The van der Waals surface area contributed by atoms with Crippen molar-refractivity contribution in [2.24, 2.45) is 0 Å². The Morgan fingerprint density at radius 2 is 1.82 bits per heavy atom. The van der Waals surface area contributed by atoms with Crippen LogP contribution in [0, 0.1) is 6.92 Å². The minimum Gasteiger partial charge on any atom is -0.493 e. The van der Waals surface area contributed by atoms with Gasteiger partial charge in [0.15, 0.2) is 0 Å². The van der Waals surface area contributed by atoms with Gasteiger partial charge in [-0.3, -0.25) is 0 Å². The number of para-hydroxylation sites is 1. The van der Waals surface area contributed by atoms with Crippen molar-refractivity contribution < 1.29 is 14.9 Å². The maximum Gasteiger partial charge on any atom is 0.127 e. The molecule has 1 aromatic carbocycles. The fraction of sp³-hybridized carbons (Fsp3) is 0.571. The lowest BCUT2D eigenvalue weighted by atomic mass is 10.1. The number of benzene rings is 1. The Bertz CT molecular complexity index is 323. The van der Waals surface area contributed by atoms with Gasteiger partial charge in [0, 0.05) is 12.2 Å². The monoisotopic (exact) mass is 238 g/mol. The quantitative estimate of drug-likeness (QED) is 0.684. The number of hydrogen-bond acceptors (Lipinski definition) is 3. The Labute approximate surface area is 103 Å². The van der Waals surface area contributed by atoms with Crippen molar-refractivity contribution in [1.29, 1.82) is 0 Å². The molecule has 0 atom stereocenters. The van der Waals surface area contributed by atoms with E-state index in [4.69, 9.17) is 9.84 Å². The third-order valence-electron chi connectivity index (χ3n) is 2.76. The van der Waals surface area contributed by atoms with E-state index in [0.29, 0.717) is 6.61 Å². The van der Waals surface area contributed by atoms with Crippen molar-refractivity contribution in [3.8, 4) is 5.75 Å². The first-order chi connectivity index (χ1) is 8.29. The molecule has 96 valence electrons. The number of unbranched alkanes of at least 4 members (excludes halogenated alkanes) is 3. The van der Waals surface area contributed by atoms with Crippen LogP contribution in [0.15, 0.2) is 18.2 Å². The van der Waals surface area contributed by atoms with Gasteiger partial charge in [0.2, 0.25) is 0 Å². The lowest BCUT2D eigenvalue weighted by Gasteiger charge is -2.12. The van der Waals surface area contributed by atoms with Crippen molar-refractivity contribution >= 4 is 0 Å². The SMILES string of the molecule is Cc1cccc(CO)c1OCCCCCCO. The molecule has 0 aliphatic heterocycles. The van der Waals surface area contributed by atoms with E-state index >= 15 is 0 Å². The first kappa shape index (κ1) is 14.0. The highest BCUT2D eigenvalue weighted by molar-refractivity contribution is 5.40. The molecule has 3 heteroatoms. The molecule has 0 spiro atoms. The van der Waals surface area contributed by atoms with Gasteiger partial charge in [-0.2, -0.15) is 0 Å². The molecular formula is C14H22O3. The number of rotatable bonds is 8. The molecule has 1 rings (SSSR count). The minimum absolute atomic E-state index is 0.0154. The van der Waals surface area contributed by atoms with Gasteiger partial charge in [-0.1, -0.05) is 24.6 Å². The fourth-order valence-corrected chi connectivity index (χ4v) is 1.79. The average Bonchev–Trinajstić information content (AvgIpc) is 2.35. The molecule has 0 aromatic heterocycles. The standard InChI is InChI=1S/C14H22O3/c1-12-7-6-8-13(11-16)14(12)17-10-5-3-2-4-9-15/h6-8,15-16H,2-5,9-11H2,1H3. The second-order valence-electron chi connectivity index (χ2n) is 4.21. The Kier molecular flexibility index (Phi) is 6.67. The highest BCUT2D eigenvalue weighted by atomic mass is 16.5. The highest BCUT2D eigenvalue weighted by Gasteiger charge is 2.05. The molecule has 0 aliphatic carbocycles. The molecular weight excluding hydrogens is 216 g/mol. The molecule has 0 fully saturated rings. The minimum atomic E-state index is 0.0154. The van der Waals surface area contributed by atoms with Crippen molar-refractivity contribution in [3.63, 3.8) is 0 Å². The van der Waals surface area contributed by atoms with Gasteiger partial charge in [-0.25, -0.2) is 0 Å². The van der Waals surface area contributed by atoms with Crippen LogP contribution < -0.4 is 4.74 Å². The molecule has 2 N–H and O–H groups in total. The molecule has 0 aliphatic rings. The summed E-state index contributed by atoms with van der Waals surface area (Å²) in [7, 11) is 0. The van der Waals surface area contributed by atoms with Crippen LogP contribution in [-0.4, -0.2) is 23.4 Å². The summed E-state index contributed by atoms with van der Waals surface area (Å²) >= 11 is 0. The summed E-state index contributed by atoms with van der Waals surface area (Å²) in [4.78, 5) is 0. The van der Waals surface area contributed by atoms with Gasteiger partial charge in [0.05, 0.1) is 13.2 Å². The van der Waals surface area contributed by atoms with Crippen LogP contribution in [-0.2, 0) is 6.61 Å². The van der Waals surface area contributed by atoms with E-state index in [1.807, 2.05) is 25.1 Å². The van der Waals surface area contributed by atoms with E-state index in [-0.39, 0.29) is 13.2 Å². The van der Waals surface area contributed by atoms with E-state index in [1.165, 1.54) is 0 Å². The summed E-state index contributed by atoms with van der Waals surface area (Å²) in [5, 5.41) is 17.9. The Morgan fingerprint density at radius 3 is 2.53 bits per heavy atom. The molecule has 0 bridgehead atoms. The summed E-state index contributed by atoms with van der Waals surface area (Å²) in [5.74, 6) is 0.817. The van der Waals surface area contributed by atoms with Crippen molar-refractivity contribution in [2.45, 2.75) is 39.2 Å². The topological polar surface area (TPSA) is 49.7 Å². The molecule has 0 amide bonds. The van der Waals surface area contributed by atoms with Crippen LogP contribution >= 0.6 is 0 Å². The van der Waals surface area contributed by atoms with Crippen LogP contribution in [0.1, 0.15) is 36.8 Å². The van der Waals surface area contributed by atoms with E-state index in [9.17, 15) is 5.11 Å². The van der Waals surface area contributed by atoms with Gasteiger partial charge in [-0.15, -0.1) is 0 Å². The largest absolute Gasteiger partial charge is 0.493 e. The molecule has 17 heavy (non-hydrogen) atoms. The van der Waals surface area contributed by atoms with Crippen LogP contribution in [0.25, 0.3) is 0 Å². The summed E-state index contributed by atoms with van der Waals surface area (Å²) in [5.41, 5.74) is 1.91. The average molecular weight is 238 g/mol. The number of aliphatic hydroxyl groups is 2. The number of aliphatic hydroxyl groups excluding tert-OH is 2. The highest BCUT2D eigenvalue weighted by Crippen LogP contribution is 2.23. The Morgan fingerprint density at radius 1 is 1.06 bits per heavy atom. The van der Waals surface area contributed by atoms with Crippen molar-refractivity contribution in [3.05, 3.63) is 29.3 Å². The molecule has 0 saturated carbocycles. The van der Waals surface area contributed by atoms with E-state index in [2.05, 4.69) is 0 Å². The second kappa shape index (κ2) is 8.09. The van der Waals surface area contributed by atoms with E-state index < -0.39 is 0 Å². The Balaban J connectivity index is 2.35. The molecule has 0 radical (unpaired) electrons. The molecule has 1 aromatic rings. The summed E-state index contributed by atoms with van der Waals surface area (Å²) in [6.07, 6.45) is 3.97. The summed E-state index contributed by atoms with van der Waals surface area (Å²) in [6, 6.07) is 5.79. The zero-order chi connectivity index (χ0) is 12.5. The lowest BCUT2D eigenvalue weighted by molar-refractivity contribution is 0.255. The third-order valence-corrected chi connectivity index (χ3v) is 2.76. The second-order valence-corrected chi connectivity index (χ2v) is 4.21. The molecule has 0 heterocycles. The predicted molar refractivity (Wildman–Crippen MR) is 68.2 cm³/mol. The third kappa shape index (κ3) is 4.75. The molecule has 3 nitrogen and oxygen atoms in total. The smallest absolute Gasteiger partial charge is 0.127 e. The van der Waals surface area contributed by atoms with E-state index in [1.54, 1.807) is 0 Å². The van der Waals surface area contributed by atoms with Gasteiger partial charge in [0.1, 0.15) is 5.75 Å². The van der Waals surface area contributed by atoms with Crippen molar-refractivity contribution in [2.75, 3.05) is 13.2 Å². The van der Waals surface area contributed by atoms with Crippen LogP contribution in [0.5, 0.6) is 5.75 Å². The van der Waals surface area contributed by atoms with Crippen LogP contribution in [0.4, 0.5) is 0 Å². The molecule has 0 unspecified atom stereocenters. The van der Waals surface area contributed by atoms with E-state index in [0.717, 1.165) is 42.6 Å². The zero-order valence-electron chi connectivity index (χ0n) is 10.5. The number of aryl methyl sites for hydroxylation is 1. The Hall–Kier alpha value is -1.06. The van der Waals surface area contributed by atoms with Crippen LogP contribution in [0.3, 0.4) is 0 Å². The zero-order valence-corrected chi connectivity index (χ0v) is 10.5. The predicted octanol–water partition coefficient (Wildman–Crippen LogP) is 2.42. The van der Waals surface area contributed by atoms with Crippen molar-refractivity contribution in [1.82, 2.24) is 0 Å². The maximum atomic E-state index is 9.21. The first-order valence-electron chi connectivity index (χ1n) is 6.22. The van der Waals surface area contributed by atoms with Gasteiger partial charge in [0.25, 0.3) is 0 Å². The fourth-order valence-electron chi connectivity index (χ4n) is 1.79.